The number of aromatic hydroxyl groups is 4. The molecule has 0 bridgehead atoms. The predicted molar refractivity (Wildman–Crippen MR) is 168 cm³/mol. The van der Waals surface area contributed by atoms with Crippen LogP contribution in [0, 0.1) is 0 Å². The van der Waals surface area contributed by atoms with E-state index >= 15 is 0 Å². The van der Waals surface area contributed by atoms with Crippen LogP contribution in [0.1, 0.15) is 25.0 Å². The second-order valence-electron chi connectivity index (χ2n) is 11.6. The molecule has 2 aromatic carbocycles. The number of esters is 3. The molecule has 0 aromatic heterocycles. The van der Waals surface area contributed by atoms with Crippen LogP contribution >= 0.6 is 0 Å². The van der Waals surface area contributed by atoms with Gasteiger partial charge >= 0.3 is 17.9 Å². The lowest BCUT2D eigenvalue weighted by molar-refractivity contribution is -0.360. The predicted octanol–water partition coefficient (Wildman–Crippen LogP) is -0.902. The van der Waals surface area contributed by atoms with Gasteiger partial charge in [-0.05, 0) is 47.9 Å². The molecule has 0 radical (unpaired) electrons. The van der Waals surface area contributed by atoms with Gasteiger partial charge in [0.2, 0.25) is 0 Å². The number of aliphatic hydroxyl groups excluding tert-OH is 4. The van der Waals surface area contributed by atoms with Gasteiger partial charge < -0.3 is 74.0 Å². The molecule has 18 nitrogen and oxygen atoms in total. The molecule has 0 aliphatic carbocycles. The van der Waals surface area contributed by atoms with Crippen molar-refractivity contribution in [2.45, 2.75) is 81.7 Å². The van der Waals surface area contributed by atoms with E-state index in [1.54, 1.807) is 0 Å². The Labute approximate surface area is 290 Å². The van der Waals surface area contributed by atoms with Crippen molar-refractivity contribution < 1.29 is 88.4 Å². The van der Waals surface area contributed by atoms with Crippen LogP contribution in [0.2, 0.25) is 0 Å². The average molecular weight is 725 g/mol. The van der Waals surface area contributed by atoms with Gasteiger partial charge in [-0.15, -0.1) is 0 Å². The number of carbonyl (C=O) groups excluding carboxylic acids is 3. The maximum Gasteiger partial charge on any atom is 0.331 e. The Morgan fingerprint density at radius 3 is 2.04 bits per heavy atom. The standard InChI is InChI=1S/C33H40O18/c1-15(35)46-14-24-29(50-25(41)8-5-17-3-6-19(37)21(39)11-17)30(51-32-28(44)27(43)26(42)23(13-34)48-32)31(47-16(2)36)33(49-24)45-10-9-18-4-7-20(38)22(40)12-18/h3-8,11-12,23-24,26-34,37-40,42-44H,9-10,13-14H2,1-2H3/b8-5+/t23-,24-,26-,27+,28-,29-,30+,31-,32+,33-/m1/s1. The number of phenolic OH excluding ortho intramolecular Hbond substituents is 4. The first-order valence-corrected chi connectivity index (χ1v) is 15.6. The highest BCUT2D eigenvalue weighted by atomic mass is 16.8. The summed E-state index contributed by atoms with van der Waals surface area (Å²) >= 11 is 0. The van der Waals surface area contributed by atoms with Gasteiger partial charge in [0.05, 0.1) is 13.2 Å². The molecule has 2 heterocycles. The van der Waals surface area contributed by atoms with Crippen LogP contribution in [0.15, 0.2) is 42.5 Å². The molecule has 2 aliphatic rings. The van der Waals surface area contributed by atoms with Gasteiger partial charge in [0, 0.05) is 19.9 Å². The quantitative estimate of drug-likeness (QED) is 0.0538. The second-order valence-corrected chi connectivity index (χ2v) is 11.6. The summed E-state index contributed by atoms with van der Waals surface area (Å²) in [6.07, 6.45) is -14.4. The van der Waals surface area contributed by atoms with Crippen LogP contribution < -0.4 is 0 Å². The minimum Gasteiger partial charge on any atom is -0.504 e. The van der Waals surface area contributed by atoms with Gasteiger partial charge in [-0.25, -0.2) is 4.79 Å². The van der Waals surface area contributed by atoms with E-state index in [0.717, 1.165) is 26.0 Å². The number of aliphatic hydroxyl groups is 4. The van der Waals surface area contributed by atoms with E-state index in [0.29, 0.717) is 5.56 Å². The van der Waals surface area contributed by atoms with Crippen LogP contribution in [0.5, 0.6) is 23.0 Å². The van der Waals surface area contributed by atoms with Crippen LogP contribution in [0.25, 0.3) is 6.08 Å². The fourth-order valence-corrected chi connectivity index (χ4v) is 5.29. The van der Waals surface area contributed by atoms with Crippen LogP contribution in [0.4, 0.5) is 0 Å². The number of carbonyl (C=O) groups is 3. The maximum atomic E-state index is 13.2. The molecule has 18 heteroatoms. The largest absolute Gasteiger partial charge is 0.504 e. The molecule has 10 atom stereocenters. The highest BCUT2D eigenvalue weighted by molar-refractivity contribution is 5.87. The molecule has 4 rings (SSSR count). The van der Waals surface area contributed by atoms with Crippen LogP contribution in [-0.4, -0.2) is 140 Å². The minimum atomic E-state index is -1.95. The summed E-state index contributed by atoms with van der Waals surface area (Å²) < 4.78 is 39.8. The molecule has 280 valence electrons. The third kappa shape index (κ3) is 10.3. The Morgan fingerprint density at radius 1 is 0.745 bits per heavy atom. The number of ether oxygens (including phenoxy) is 7. The van der Waals surface area contributed by atoms with Crippen LogP contribution in [0.3, 0.4) is 0 Å². The average Bonchev–Trinajstić information content (AvgIpc) is 3.08. The first-order chi connectivity index (χ1) is 24.2. The van der Waals surface area contributed by atoms with Crippen molar-refractivity contribution >= 4 is 24.0 Å². The Bertz CT molecular complexity index is 1540. The van der Waals surface area contributed by atoms with Gasteiger partial charge in [0.1, 0.15) is 43.2 Å². The number of hydrogen-bond acceptors (Lipinski definition) is 18. The number of benzene rings is 2. The lowest BCUT2D eigenvalue weighted by atomic mass is 9.96. The van der Waals surface area contributed by atoms with E-state index in [1.165, 1.54) is 36.4 Å². The molecular formula is C33H40O18. The van der Waals surface area contributed by atoms with Gasteiger partial charge in [-0.2, -0.15) is 0 Å². The lowest BCUT2D eigenvalue weighted by Crippen LogP contribution is -2.66. The maximum absolute atomic E-state index is 13.2. The first-order valence-electron chi connectivity index (χ1n) is 15.6. The Hall–Kier alpha value is -4.53. The summed E-state index contributed by atoms with van der Waals surface area (Å²) in [5.74, 6) is -4.28. The smallest absolute Gasteiger partial charge is 0.331 e. The normalized spacial score (nSPS) is 29.4. The third-order valence-corrected chi connectivity index (χ3v) is 7.86. The molecule has 51 heavy (non-hydrogen) atoms. The van der Waals surface area contributed by atoms with Crippen molar-refractivity contribution in [2.75, 3.05) is 19.8 Å². The minimum absolute atomic E-state index is 0.128. The van der Waals surface area contributed by atoms with E-state index in [2.05, 4.69) is 0 Å². The van der Waals surface area contributed by atoms with Gasteiger partial charge in [-0.3, -0.25) is 9.59 Å². The monoisotopic (exact) mass is 724 g/mol. The third-order valence-electron chi connectivity index (χ3n) is 7.86. The highest BCUT2D eigenvalue weighted by Gasteiger charge is 2.55. The first kappa shape index (κ1) is 39.3. The van der Waals surface area contributed by atoms with E-state index in [9.17, 15) is 55.2 Å². The summed E-state index contributed by atoms with van der Waals surface area (Å²) in [6.45, 7) is 0.602. The van der Waals surface area contributed by atoms with Gasteiger partial charge in [-0.1, -0.05) is 12.1 Å². The topological polar surface area (TPSA) is 278 Å². The summed E-state index contributed by atoms with van der Waals surface area (Å²) in [5.41, 5.74) is 0.803. The Kier molecular flexibility index (Phi) is 13.6. The Balaban J connectivity index is 1.69. The highest BCUT2D eigenvalue weighted by Crippen LogP contribution is 2.34. The van der Waals surface area contributed by atoms with Gasteiger partial charge in [0.15, 0.2) is 47.8 Å². The van der Waals surface area contributed by atoms with Crippen molar-refractivity contribution in [1.82, 2.24) is 0 Å². The summed E-state index contributed by atoms with van der Waals surface area (Å²) in [5, 5.41) is 80.1. The molecule has 0 spiro atoms. The zero-order valence-corrected chi connectivity index (χ0v) is 27.4. The summed E-state index contributed by atoms with van der Waals surface area (Å²) in [6, 6.07) is 7.80. The zero-order chi connectivity index (χ0) is 37.4. The van der Waals surface area contributed by atoms with Crippen molar-refractivity contribution in [3.63, 3.8) is 0 Å². The molecule has 2 aliphatic heterocycles. The molecule has 2 saturated heterocycles. The second kappa shape index (κ2) is 17.6. The van der Waals surface area contributed by atoms with E-state index < -0.39 is 104 Å². The zero-order valence-electron chi connectivity index (χ0n) is 27.4. The molecule has 2 aromatic rings. The van der Waals surface area contributed by atoms with Crippen molar-refractivity contribution in [3.8, 4) is 23.0 Å². The molecule has 2 fully saturated rings. The summed E-state index contributed by atoms with van der Waals surface area (Å²) in [7, 11) is 0. The van der Waals surface area contributed by atoms with Crippen molar-refractivity contribution in [3.05, 3.63) is 53.6 Å². The summed E-state index contributed by atoms with van der Waals surface area (Å²) in [4.78, 5) is 37.4. The molecule has 0 unspecified atom stereocenters. The van der Waals surface area contributed by atoms with E-state index in [4.69, 9.17) is 33.2 Å². The fourth-order valence-electron chi connectivity index (χ4n) is 5.29. The molecule has 0 saturated carbocycles. The van der Waals surface area contributed by atoms with Crippen molar-refractivity contribution in [1.29, 1.82) is 0 Å². The lowest BCUT2D eigenvalue weighted by Gasteiger charge is -2.47. The van der Waals surface area contributed by atoms with Crippen LogP contribution in [-0.2, 0) is 54.0 Å². The SMILES string of the molecule is CC(=O)OC[C@H]1O[C@@H](OCCc2ccc(O)c(O)c2)[C@H](OC(C)=O)[C@@H](O[C@@H]2O[C@H](CO)[C@@H](O)[C@H](O)[C@H]2O)[C@@H]1OC(=O)/C=C/c1ccc(O)c(O)c1. The number of hydrogen-bond donors (Lipinski definition) is 8. The Morgan fingerprint density at radius 2 is 1.41 bits per heavy atom. The fraction of sp³-hybridized carbons (Fsp3) is 0.485. The number of rotatable bonds is 13. The number of phenols is 4. The molecular weight excluding hydrogens is 684 g/mol. The van der Waals surface area contributed by atoms with Crippen molar-refractivity contribution in [2.24, 2.45) is 0 Å². The molecule has 8 N–H and O–H groups in total. The van der Waals surface area contributed by atoms with E-state index in [-0.39, 0.29) is 30.1 Å². The molecule has 0 amide bonds. The van der Waals surface area contributed by atoms with Gasteiger partial charge in [0.25, 0.3) is 0 Å². The van der Waals surface area contributed by atoms with E-state index in [1.807, 2.05) is 0 Å².